The van der Waals surface area contributed by atoms with Gasteiger partial charge in [-0.3, -0.25) is 0 Å². The summed E-state index contributed by atoms with van der Waals surface area (Å²) in [5.41, 5.74) is 6.91. The number of hydrogen-bond donors (Lipinski definition) is 1. The molecule has 1 aromatic heterocycles. The van der Waals surface area contributed by atoms with E-state index in [4.69, 9.17) is 10.5 Å². The van der Waals surface area contributed by atoms with Crippen molar-refractivity contribution < 1.29 is 4.74 Å². The fourth-order valence-corrected chi connectivity index (χ4v) is 3.28. The van der Waals surface area contributed by atoms with E-state index in [2.05, 4.69) is 9.97 Å². The highest BCUT2D eigenvalue weighted by Gasteiger charge is 2.16. The van der Waals surface area contributed by atoms with Gasteiger partial charge in [0.05, 0.1) is 0 Å². The Balaban J connectivity index is 1.83. The summed E-state index contributed by atoms with van der Waals surface area (Å²) < 4.78 is 5.38. The zero-order chi connectivity index (χ0) is 13.8. The third kappa shape index (κ3) is 3.29. The van der Waals surface area contributed by atoms with Gasteiger partial charge in [-0.25, -0.2) is 9.97 Å². The number of anilines is 1. The summed E-state index contributed by atoms with van der Waals surface area (Å²) in [6, 6.07) is 11.8. The Morgan fingerprint density at radius 1 is 1.10 bits per heavy atom. The van der Waals surface area contributed by atoms with Crippen LogP contribution in [0.1, 0.15) is 12.8 Å². The van der Waals surface area contributed by atoms with Crippen LogP contribution in [0.2, 0.25) is 0 Å². The van der Waals surface area contributed by atoms with Crippen molar-refractivity contribution in [1.82, 2.24) is 9.97 Å². The fraction of sp³-hybridized carbons (Fsp3) is 0.333. The van der Waals surface area contributed by atoms with E-state index in [1.807, 2.05) is 36.4 Å². The molecule has 1 aliphatic rings. The number of aromatic nitrogens is 2. The topological polar surface area (TPSA) is 61.0 Å². The molecule has 2 N–H and O–H groups in total. The third-order valence-electron chi connectivity index (χ3n) is 3.21. The minimum atomic E-state index is 0.522. The standard InChI is InChI=1S/C15H17N3OS/c16-13-10-14(20-12-6-8-19-9-7-12)18-15(17-13)11-4-2-1-3-5-11/h1-5,10,12H,6-9H2,(H2,16,17,18). The Morgan fingerprint density at radius 2 is 1.85 bits per heavy atom. The van der Waals surface area contributed by atoms with Crippen molar-refractivity contribution in [2.75, 3.05) is 18.9 Å². The third-order valence-corrected chi connectivity index (χ3v) is 4.47. The first-order valence-electron chi connectivity index (χ1n) is 6.75. The first-order valence-corrected chi connectivity index (χ1v) is 7.63. The lowest BCUT2D eigenvalue weighted by Gasteiger charge is -2.21. The molecular formula is C15H17N3OS. The summed E-state index contributed by atoms with van der Waals surface area (Å²) in [5.74, 6) is 1.22. The highest BCUT2D eigenvalue weighted by molar-refractivity contribution is 7.99. The van der Waals surface area contributed by atoms with Crippen LogP contribution >= 0.6 is 11.8 Å². The maximum absolute atomic E-state index is 5.91. The molecule has 0 radical (unpaired) electrons. The normalized spacial score (nSPS) is 16.2. The second kappa shape index (κ2) is 6.24. The van der Waals surface area contributed by atoms with Crippen LogP contribution in [0.15, 0.2) is 41.4 Å². The van der Waals surface area contributed by atoms with Gasteiger partial charge in [0.15, 0.2) is 5.82 Å². The quantitative estimate of drug-likeness (QED) is 0.879. The lowest BCUT2D eigenvalue weighted by Crippen LogP contribution is -2.17. The molecule has 0 amide bonds. The van der Waals surface area contributed by atoms with Crippen LogP contribution in [-0.2, 0) is 4.74 Å². The van der Waals surface area contributed by atoms with E-state index in [1.165, 1.54) is 0 Å². The van der Waals surface area contributed by atoms with Crippen molar-refractivity contribution in [3.63, 3.8) is 0 Å². The number of benzene rings is 1. The van der Waals surface area contributed by atoms with Crippen LogP contribution in [0.5, 0.6) is 0 Å². The molecular weight excluding hydrogens is 270 g/mol. The summed E-state index contributed by atoms with van der Waals surface area (Å²) in [7, 11) is 0. The minimum absolute atomic E-state index is 0.522. The van der Waals surface area contributed by atoms with Crippen LogP contribution in [-0.4, -0.2) is 28.4 Å². The molecule has 20 heavy (non-hydrogen) atoms. The molecule has 0 spiro atoms. The number of nitrogens with two attached hydrogens (primary N) is 1. The molecule has 104 valence electrons. The summed E-state index contributed by atoms with van der Waals surface area (Å²) in [4.78, 5) is 8.95. The van der Waals surface area contributed by atoms with Gasteiger partial charge >= 0.3 is 0 Å². The largest absolute Gasteiger partial charge is 0.384 e. The molecule has 1 saturated heterocycles. The van der Waals surface area contributed by atoms with E-state index in [0.717, 1.165) is 36.6 Å². The average molecular weight is 287 g/mol. The van der Waals surface area contributed by atoms with E-state index < -0.39 is 0 Å². The Morgan fingerprint density at radius 3 is 2.60 bits per heavy atom. The highest BCUT2D eigenvalue weighted by atomic mass is 32.2. The molecule has 3 rings (SSSR count). The molecule has 0 atom stereocenters. The van der Waals surface area contributed by atoms with Gasteiger partial charge in [0.25, 0.3) is 0 Å². The predicted molar refractivity (Wildman–Crippen MR) is 81.6 cm³/mol. The van der Waals surface area contributed by atoms with Gasteiger partial charge in [-0.2, -0.15) is 0 Å². The van der Waals surface area contributed by atoms with Gasteiger partial charge in [0.2, 0.25) is 0 Å². The van der Waals surface area contributed by atoms with Crippen LogP contribution in [0.3, 0.4) is 0 Å². The molecule has 2 aromatic rings. The van der Waals surface area contributed by atoms with Gasteiger partial charge in [-0.1, -0.05) is 30.3 Å². The van der Waals surface area contributed by atoms with Crippen molar-refractivity contribution in [2.24, 2.45) is 0 Å². The minimum Gasteiger partial charge on any atom is -0.384 e. The second-order valence-electron chi connectivity index (χ2n) is 4.75. The van der Waals surface area contributed by atoms with Gasteiger partial charge in [-0.15, -0.1) is 11.8 Å². The number of hydrogen-bond acceptors (Lipinski definition) is 5. The molecule has 1 fully saturated rings. The Labute approximate surface area is 122 Å². The number of nitrogens with zero attached hydrogens (tertiary/aromatic N) is 2. The van der Waals surface area contributed by atoms with Crippen molar-refractivity contribution in [3.05, 3.63) is 36.4 Å². The zero-order valence-corrected chi connectivity index (χ0v) is 12.0. The number of ether oxygens (including phenoxy) is 1. The second-order valence-corrected chi connectivity index (χ2v) is 6.07. The van der Waals surface area contributed by atoms with Gasteiger partial charge < -0.3 is 10.5 Å². The maximum atomic E-state index is 5.91. The van der Waals surface area contributed by atoms with Crippen LogP contribution < -0.4 is 5.73 Å². The number of nitrogen functional groups attached to an aromatic ring is 1. The van der Waals surface area contributed by atoms with E-state index in [1.54, 1.807) is 11.8 Å². The van der Waals surface area contributed by atoms with Crippen LogP contribution in [0, 0.1) is 0 Å². The molecule has 0 unspecified atom stereocenters. The summed E-state index contributed by atoms with van der Waals surface area (Å²) >= 11 is 1.78. The lowest BCUT2D eigenvalue weighted by molar-refractivity contribution is 0.1000. The monoisotopic (exact) mass is 287 g/mol. The SMILES string of the molecule is Nc1cc(SC2CCOCC2)nc(-c2ccccc2)n1. The zero-order valence-electron chi connectivity index (χ0n) is 11.2. The summed E-state index contributed by atoms with van der Waals surface area (Å²) in [6.45, 7) is 1.67. The van der Waals surface area contributed by atoms with Crippen LogP contribution in [0.25, 0.3) is 11.4 Å². The van der Waals surface area contributed by atoms with Crippen LogP contribution in [0.4, 0.5) is 5.82 Å². The number of thioether (sulfide) groups is 1. The molecule has 1 aliphatic heterocycles. The Bertz CT molecular complexity index is 571. The predicted octanol–water partition coefficient (Wildman–Crippen LogP) is 3.00. The van der Waals surface area contributed by atoms with Gasteiger partial charge in [0, 0.05) is 30.1 Å². The van der Waals surface area contributed by atoms with Crippen molar-refractivity contribution in [2.45, 2.75) is 23.1 Å². The Hall–Kier alpha value is -1.59. The Kier molecular flexibility index (Phi) is 4.18. The average Bonchev–Trinajstić information content (AvgIpc) is 2.49. The maximum Gasteiger partial charge on any atom is 0.162 e. The molecule has 4 nitrogen and oxygen atoms in total. The summed E-state index contributed by atoms with van der Waals surface area (Å²) in [6.07, 6.45) is 2.13. The van der Waals surface area contributed by atoms with E-state index in [9.17, 15) is 0 Å². The van der Waals surface area contributed by atoms with Crippen molar-refractivity contribution in [3.8, 4) is 11.4 Å². The van der Waals surface area contributed by atoms with Crippen molar-refractivity contribution >= 4 is 17.6 Å². The fourth-order valence-electron chi connectivity index (χ4n) is 2.18. The summed E-state index contributed by atoms with van der Waals surface area (Å²) in [5, 5.41) is 1.50. The van der Waals surface area contributed by atoms with Crippen molar-refractivity contribution in [1.29, 1.82) is 0 Å². The lowest BCUT2D eigenvalue weighted by atomic mass is 10.2. The first kappa shape index (κ1) is 13.4. The van der Waals surface area contributed by atoms with E-state index in [0.29, 0.717) is 16.9 Å². The number of rotatable bonds is 3. The molecule has 0 aliphatic carbocycles. The highest BCUT2D eigenvalue weighted by Crippen LogP contribution is 2.30. The van der Waals surface area contributed by atoms with Gasteiger partial charge in [0.1, 0.15) is 10.8 Å². The molecule has 0 saturated carbocycles. The molecule has 5 heteroatoms. The molecule has 2 heterocycles. The first-order chi connectivity index (χ1) is 9.81. The van der Waals surface area contributed by atoms with E-state index >= 15 is 0 Å². The smallest absolute Gasteiger partial charge is 0.162 e. The molecule has 1 aromatic carbocycles. The molecule has 0 bridgehead atoms. The van der Waals surface area contributed by atoms with Gasteiger partial charge in [-0.05, 0) is 12.8 Å². The van der Waals surface area contributed by atoms with E-state index in [-0.39, 0.29) is 0 Å².